The monoisotopic (exact) mass is 255 g/mol. The third-order valence-electron chi connectivity index (χ3n) is 4.16. The Morgan fingerprint density at radius 1 is 1.53 bits per heavy atom. The first kappa shape index (κ1) is 12.3. The van der Waals surface area contributed by atoms with Crippen LogP contribution in [-0.4, -0.2) is 19.0 Å². The molecule has 0 aromatic heterocycles. The molecule has 3 rings (SSSR count). The van der Waals surface area contributed by atoms with Crippen molar-refractivity contribution in [3.8, 4) is 0 Å². The SMILES string of the molecule is C=CCC1Cc2c(C)cccc2C1NC1=NCCN1. The molecule has 2 N–H and O–H groups in total. The lowest BCUT2D eigenvalue weighted by molar-refractivity contribution is 0.437. The van der Waals surface area contributed by atoms with Crippen molar-refractivity contribution in [2.24, 2.45) is 10.9 Å². The molecule has 1 aromatic rings. The number of guanidine groups is 1. The molecule has 0 amide bonds. The second-order valence-corrected chi connectivity index (χ2v) is 5.41. The number of allylic oxidation sites excluding steroid dienone is 1. The number of hydrogen-bond donors (Lipinski definition) is 2. The summed E-state index contributed by atoms with van der Waals surface area (Å²) in [4.78, 5) is 4.46. The van der Waals surface area contributed by atoms with E-state index in [4.69, 9.17) is 0 Å². The zero-order valence-electron chi connectivity index (χ0n) is 11.4. The van der Waals surface area contributed by atoms with E-state index in [0.717, 1.165) is 31.9 Å². The van der Waals surface area contributed by atoms with Crippen LogP contribution in [0.25, 0.3) is 0 Å². The second-order valence-electron chi connectivity index (χ2n) is 5.41. The summed E-state index contributed by atoms with van der Waals surface area (Å²) < 4.78 is 0. The lowest BCUT2D eigenvalue weighted by atomic mass is 9.97. The third-order valence-corrected chi connectivity index (χ3v) is 4.16. The lowest BCUT2D eigenvalue weighted by Gasteiger charge is -2.22. The smallest absolute Gasteiger partial charge is 0.191 e. The molecular formula is C16H21N3. The van der Waals surface area contributed by atoms with Crippen molar-refractivity contribution in [3.05, 3.63) is 47.5 Å². The molecule has 2 atom stereocenters. The van der Waals surface area contributed by atoms with Crippen molar-refractivity contribution < 1.29 is 0 Å². The van der Waals surface area contributed by atoms with Gasteiger partial charge in [0.05, 0.1) is 12.6 Å². The van der Waals surface area contributed by atoms with E-state index in [2.05, 4.69) is 47.3 Å². The van der Waals surface area contributed by atoms with Crippen molar-refractivity contribution in [3.63, 3.8) is 0 Å². The number of hydrogen-bond acceptors (Lipinski definition) is 3. The molecule has 0 radical (unpaired) electrons. The van der Waals surface area contributed by atoms with Gasteiger partial charge < -0.3 is 10.6 Å². The van der Waals surface area contributed by atoms with Crippen molar-refractivity contribution in [1.82, 2.24) is 10.6 Å². The first-order valence-electron chi connectivity index (χ1n) is 7.03. The Morgan fingerprint density at radius 2 is 2.42 bits per heavy atom. The number of nitrogens with zero attached hydrogens (tertiary/aromatic N) is 1. The van der Waals surface area contributed by atoms with Crippen LogP contribution in [0.4, 0.5) is 0 Å². The molecule has 0 bridgehead atoms. The molecule has 1 aliphatic carbocycles. The zero-order chi connectivity index (χ0) is 13.2. The Morgan fingerprint density at radius 3 is 3.16 bits per heavy atom. The zero-order valence-corrected chi connectivity index (χ0v) is 11.4. The Kier molecular flexibility index (Phi) is 3.28. The highest BCUT2D eigenvalue weighted by molar-refractivity contribution is 5.81. The van der Waals surface area contributed by atoms with E-state index in [-0.39, 0.29) is 0 Å². The van der Waals surface area contributed by atoms with Crippen molar-refractivity contribution in [1.29, 1.82) is 0 Å². The fraction of sp³-hybridized carbons (Fsp3) is 0.438. The van der Waals surface area contributed by atoms with Crippen LogP contribution in [0.2, 0.25) is 0 Å². The molecule has 0 saturated carbocycles. The van der Waals surface area contributed by atoms with E-state index in [0.29, 0.717) is 12.0 Å². The van der Waals surface area contributed by atoms with Gasteiger partial charge in [-0.25, -0.2) is 0 Å². The molecule has 0 saturated heterocycles. The summed E-state index contributed by atoms with van der Waals surface area (Å²) in [5.41, 5.74) is 4.34. The van der Waals surface area contributed by atoms with Gasteiger partial charge in [0.1, 0.15) is 0 Å². The van der Waals surface area contributed by atoms with Gasteiger partial charge in [-0.15, -0.1) is 6.58 Å². The Balaban J connectivity index is 1.89. The highest BCUT2D eigenvalue weighted by atomic mass is 15.2. The minimum atomic E-state index is 0.359. The van der Waals surface area contributed by atoms with E-state index >= 15 is 0 Å². The molecule has 2 unspecified atom stereocenters. The summed E-state index contributed by atoms with van der Waals surface area (Å²) in [6.07, 6.45) is 4.21. The maximum Gasteiger partial charge on any atom is 0.191 e. The number of rotatable bonds is 3. The largest absolute Gasteiger partial charge is 0.355 e. The van der Waals surface area contributed by atoms with Gasteiger partial charge in [0.2, 0.25) is 0 Å². The highest BCUT2D eigenvalue weighted by Crippen LogP contribution is 2.39. The molecule has 1 aromatic carbocycles. The molecule has 1 aliphatic heterocycles. The standard InChI is InChI=1S/C16H21N3/c1-3-5-12-10-14-11(2)6-4-7-13(14)15(12)19-16-17-8-9-18-16/h3-4,6-7,12,15H,1,5,8-10H2,2H3,(H2,17,18,19). The Labute approximate surface area is 114 Å². The molecule has 3 nitrogen and oxygen atoms in total. The average Bonchev–Trinajstić information content (AvgIpc) is 3.01. The van der Waals surface area contributed by atoms with E-state index in [1.165, 1.54) is 16.7 Å². The van der Waals surface area contributed by atoms with Crippen molar-refractivity contribution in [2.45, 2.75) is 25.8 Å². The first-order chi connectivity index (χ1) is 9.29. The number of nitrogens with one attached hydrogen (secondary N) is 2. The van der Waals surface area contributed by atoms with E-state index in [1.54, 1.807) is 0 Å². The minimum absolute atomic E-state index is 0.359. The molecule has 100 valence electrons. The van der Waals surface area contributed by atoms with Gasteiger partial charge >= 0.3 is 0 Å². The van der Waals surface area contributed by atoms with Crippen LogP contribution in [0.3, 0.4) is 0 Å². The predicted octanol–water partition coefficient (Wildman–Crippen LogP) is 2.33. The van der Waals surface area contributed by atoms with E-state index in [1.807, 2.05) is 6.08 Å². The summed E-state index contributed by atoms with van der Waals surface area (Å²) >= 11 is 0. The predicted molar refractivity (Wildman–Crippen MR) is 79.4 cm³/mol. The van der Waals surface area contributed by atoms with Crippen LogP contribution in [0.5, 0.6) is 0 Å². The normalized spacial score (nSPS) is 24.6. The molecule has 19 heavy (non-hydrogen) atoms. The maximum absolute atomic E-state index is 4.46. The minimum Gasteiger partial charge on any atom is -0.355 e. The Bertz CT molecular complexity index is 519. The second kappa shape index (κ2) is 5.08. The molecule has 0 spiro atoms. The van der Waals surface area contributed by atoms with Crippen LogP contribution in [0.15, 0.2) is 35.8 Å². The van der Waals surface area contributed by atoms with Crippen molar-refractivity contribution in [2.75, 3.05) is 13.1 Å². The van der Waals surface area contributed by atoms with E-state index < -0.39 is 0 Å². The topological polar surface area (TPSA) is 36.4 Å². The van der Waals surface area contributed by atoms with Gasteiger partial charge in [-0.1, -0.05) is 24.3 Å². The summed E-state index contributed by atoms with van der Waals surface area (Å²) in [5, 5.41) is 6.89. The number of aliphatic imine (C=N–C) groups is 1. The summed E-state index contributed by atoms with van der Waals surface area (Å²) in [7, 11) is 0. The van der Waals surface area contributed by atoms with Crippen LogP contribution in [0, 0.1) is 12.8 Å². The molecule has 1 heterocycles. The van der Waals surface area contributed by atoms with Gasteiger partial charge in [0, 0.05) is 6.54 Å². The highest BCUT2D eigenvalue weighted by Gasteiger charge is 2.33. The van der Waals surface area contributed by atoms with Gasteiger partial charge in [-0.3, -0.25) is 4.99 Å². The number of fused-ring (bicyclic) bond motifs is 1. The fourth-order valence-electron chi connectivity index (χ4n) is 3.20. The van der Waals surface area contributed by atoms with Crippen LogP contribution in [-0.2, 0) is 6.42 Å². The molecular weight excluding hydrogens is 234 g/mol. The number of benzene rings is 1. The van der Waals surface area contributed by atoms with Gasteiger partial charge in [-0.2, -0.15) is 0 Å². The maximum atomic E-state index is 4.46. The van der Waals surface area contributed by atoms with Crippen LogP contribution in [0.1, 0.15) is 29.2 Å². The van der Waals surface area contributed by atoms with Gasteiger partial charge in [-0.05, 0) is 42.4 Å². The summed E-state index contributed by atoms with van der Waals surface area (Å²) in [5.74, 6) is 1.53. The Hall–Kier alpha value is -1.77. The molecule has 0 fully saturated rings. The van der Waals surface area contributed by atoms with Gasteiger partial charge in [0.25, 0.3) is 0 Å². The third kappa shape index (κ3) is 2.25. The first-order valence-corrected chi connectivity index (χ1v) is 7.03. The summed E-state index contributed by atoms with van der Waals surface area (Å²) in [6, 6.07) is 6.97. The summed E-state index contributed by atoms with van der Waals surface area (Å²) in [6.45, 7) is 7.93. The number of aryl methyl sites for hydroxylation is 1. The van der Waals surface area contributed by atoms with Crippen LogP contribution >= 0.6 is 0 Å². The quantitative estimate of drug-likeness (QED) is 0.813. The average molecular weight is 255 g/mol. The molecule has 2 aliphatic rings. The fourth-order valence-corrected chi connectivity index (χ4v) is 3.20. The van der Waals surface area contributed by atoms with Gasteiger partial charge in [0.15, 0.2) is 5.96 Å². The van der Waals surface area contributed by atoms with E-state index in [9.17, 15) is 0 Å². The molecule has 3 heteroatoms. The lowest BCUT2D eigenvalue weighted by Crippen LogP contribution is -2.38. The van der Waals surface area contributed by atoms with Crippen molar-refractivity contribution >= 4 is 5.96 Å². The van der Waals surface area contributed by atoms with Crippen LogP contribution < -0.4 is 10.6 Å².